The fraction of sp³-hybridized carbons (Fsp3) is 0. The smallest absolute Gasteiger partial charge is 0.0538 e. The summed E-state index contributed by atoms with van der Waals surface area (Å²) in [5, 5.41) is 7.52. The molecule has 46 heavy (non-hydrogen) atoms. The van der Waals surface area contributed by atoms with Crippen molar-refractivity contribution in [2.45, 2.75) is 0 Å². The molecule has 0 bridgehead atoms. The number of hydrogen-bond donors (Lipinski definition) is 0. The zero-order chi connectivity index (χ0) is 30.5. The largest absolute Gasteiger partial charge is 0.310 e. The Morgan fingerprint density at radius 2 is 0.913 bits per heavy atom. The molecule has 0 amide bonds. The average Bonchev–Trinajstić information content (AvgIpc) is 3.50. The van der Waals surface area contributed by atoms with E-state index in [1.807, 2.05) is 12.4 Å². The number of aromatic nitrogens is 1. The molecule has 216 valence electrons. The maximum Gasteiger partial charge on any atom is 0.0538 e. The van der Waals surface area contributed by atoms with Gasteiger partial charge in [0.15, 0.2) is 0 Å². The molecule has 9 aromatic rings. The summed E-state index contributed by atoms with van der Waals surface area (Å²) >= 11 is 1.79. The lowest BCUT2D eigenvalue weighted by molar-refractivity contribution is 1.29. The van der Waals surface area contributed by atoms with Crippen molar-refractivity contribution in [3.8, 4) is 22.3 Å². The monoisotopic (exact) mass is 604 g/mol. The van der Waals surface area contributed by atoms with E-state index in [9.17, 15) is 0 Å². The summed E-state index contributed by atoms with van der Waals surface area (Å²) < 4.78 is 2.48. The number of hydrogen-bond acceptors (Lipinski definition) is 3. The maximum absolute atomic E-state index is 4.36. The van der Waals surface area contributed by atoms with E-state index < -0.39 is 0 Å². The van der Waals surface area contributed by atoms with Crippen LogP contribution in [0.5, 0.6) is 0 Å². The van der Waals surface area contributed by atoms with E-state index in [-0.39, 0.29) is 0 Å². The molecule has 0 aliphatic carbocycles. The molecular formula is C43H28N2S. The zero-order valence-corrected chi connectivity index (χ0v) is 25.8. The standard InChI is InChI=1S/C43H28N2S/c1-3-7-33-25-35(11-9-29(33)5-1)31-13-17-37(18-14-31)45(39-21-22-42-41(27-39)40-23-24-44-28-43(40)46-42)38-19-15-32(16-20-38)36-12-10-30-6-2-4-8-34(30)26-36/h1-28H. The minimum absolute atomic E-state index is 1.11. The predicted molar refractivity (Wildman–Crippen MR) is 198 cm³/mol. The summed E-state index contributed by atoms with van der Waals surface area (Å²) in [6, 6.07) is 57.3. The van der Waals surface area contributed by atoms with Crippen molar-refractivity contribution < 1.29 is 0 Å². The van der Waals surface area contributed by atoms with Crippen molar-refractivity contribution in [3.63, 3.8) is 0 Å². The molecule has 2 aromatic heterocycles. The van der Waals surface area contributed by atoms with Crippen LogP contribution in [-0.4, -0.2) is 4.98 Å². The average molecular weight is 605 g/mol. The Morgan fingerprint density at radius 3 is 1.50 bits per heavy atom. The minimum Gasteiger partial charge on any atom is -0.310 e. The van der Waals surface area contributed by atoms with Crippen molar-refractivity contribution in [1.29, 1.82) is 0 Å². The van der Waals surface area contributed by atoms with E-state index in [0.717, 1.165) is 17.1 Å². The second-order valence-electron chi connectivity index (χ2n) is 11.7. The quantitative estimate of drug-likeness (QED) is 0.194. The van der Waals surface area contributed by atoms with Gasteiger partial charge in [0.25, 0.3) is 0 Å². The lowest BCUT2D eigenvalue weighted by atomic mass is 10.00. The molecule has 0 saturated carbocycles. The topological polar surface area (TPSA) is 16.1 Å². The summed E-state index contributed by atoms with van der Waals surface area (Å²) in [7, 11) is 0. The highest BCUT2D eigenvalue weighted by Crippen LogP contribution is 2.41. The van der Waals surface area contributed by atoms with Crippen LogP contribution >= 0.6 is 11.3 Å². The van der Waals surface area contributed by atoms with Gasteiger partial charge in [-0.15, -0.1) is 11.3 Å². The molecule has 3 heteroatoms. The Balaban J connectivity index is 1.14. The van der Waals surface area contributed by atoms with Crippen molar-refractivity contribution in [2.75, 3.05) is 4.90 Å². The van der Waals surface area contributed by atoms with Gasteiger partial charge in [0.05, 0.1) is 4.70 Å². The van der Waals surface area contributed by atoms with Gasteiger partial charge in [0, 0.05) is 44.9 Å². The van der Waals surface area contributed by atoms with E-state index in [4.69, 9.17) is 0 Å². The predicted octanol–water partition coefficient (Wildman–Crippen LogP) is 12.6. The van der Waals surface area contributed by atoms with Gasteiger partial charge in [-0.1, -0.05) is 97.1 Å². The molecule has 0 aliphatic rings. The van der Waals surface area contributed by atoms with Crippen LogP contribution in [0.2, 0.25) is 0 Å². The molecule has 0 spiro atoms. The molecule has 2 nitrogen and oxygen atoms in total. The molecule has 0 radical (unpaired) electrons. The number of anilines is 3. The first-order valence-electron chi connectivity index (χ1n) is 15.5. The maximum atomic E-state index is 4.36. The van der Waals surface area contributed by atoms with Crippen LogP contribution < -0.4 is 4.90 Å². The zero-order valence-electron chi connectivity index (χ0n) is 25.0. The number of benzene rings is 7. The third-order valence-corrected chi connectivity index (χ3v) is 10.1. The third-order valence-electron chi connectivity index (χ3n) is 8.93. The number of rotatable bonds is 5. The van der Waals surface area contributed by atoms with Gasteiger partial charge < -0.3 is 4.90 Å². The molecule has 0 fully saturated rings. The third kappa shape index (κ3) is 4.70. The van der Waals surface area contributed by atoms with Gasteiger partial charge in [0.2, 0.25) is 0 Å². The molecule has 7 aromatic carbocycles. The highest BCUT2D eigenvalue weighted by atomic mass is 32.1. The lowest BCUT2D eigenvalue weighted by Gasteiger charge is -2.26. The number of nitrogens with zero attached hydrogens (tertiary/aromatic N) is 2. The highest BCUT2D eigenvalue weighted by molar-refractivity contribution is 7.25. The first-order valence-corrected chi connectivity index (χ1v) is 16.3. The Kier molecular flexibility index (Phi) is 6.36. The van der Waals surface area contributed by atoms with Gasteiger partial charge in [-0.05, 0) is 104 Å². The summed E-state index contributed by atoms with van der Waals surface area (Å²) in [4.78, 5) is 6.72. The van der Waals surface area contributed by atoms with Crippen LogP contribution in [0.1, 0.15) is 0 Å². The van der Waals surface area contributed by atoms with Gasteiger partial charge in [-0.3, -0.25) is 4.98 Å². The summed E-state index contributed by atoms with van der Waals surface area (Å²) in [5.74, 6) is 0. The van der Waals surface area contributed by atoms with Gasteiger partial charge in [-0.25, -0.2) is 0 Å². The molecular weight excluding hydrogens is 577 g/mol. The number of thiophene rings is 1. The first kappa shape index (κ1) is 26.6. The number of pyridine rings is 1. The summed E-state index contributed by atoms with van der Waals surface area (Å²) in [6.07, 6.45) is 3.85. The van der Waals surface area contributed by atoms with Crippen LogP contribution in [0, 0.1) is 0 Å². The number of fused-ring (bicyclic) bond motifs is 5. The normalized spacial score (nSPS) is 11.5. The first-order chi connectivity index (χ1) is 22.8. The molecule has 0 aliphatic heterocycles. The molecule has 0 saturated heterocycles. The fourth-order valence-electron chi connectivity index (χ4n) is 6.55. The van der Waals surface area contributed by atoms with Crippen LogP contribution in [0.4, 0.5) is 17.1 Å². The Labute approximate surface area is 271 Å². The van der Waals surface area contributed by atoms with E-state index in [1.165, 1.54) is 64.0 Å². The summed E-state index contributed by atoms with van der Waals surface area (Å²) in [6.45, 7) is 0. The summed E-state index contributed by atoms with van der Waals surface area (Å²) in [5.41, 5.74) is 8.20. The minimum atomic E-state index is 1.11. The van der Waals surface area contributed by atoms with Gasteiger partial charge in [-0.2, -0.15) is 0 Å². The van der Waals surface area contributed by atoms with Gasteiger partial charge >= 0.3 is 0 Å². The van der Waals surface area contributed by atoms with E-state index in [0.29, 0.717) is 0 Å². The molecule has 0 atom stereocenters. The molecule has 0 N–H and O–H groups in total. The second-order valence-corrected chi connectivity index (χ2v) is 12.8. The Hall–Kier alpha value is -5.77. The van der Waals surface area contributed by atoms with Crippen molar-refractivity contribution >= 4 is 70.1 Å². The van der Waals surface area contributed by atoms with E-state index in [2.05, 4.69) is 168 Å². The second kappa shape index (κ2) is 11.0. The Morgan fingerprint density at radius 1 is 0.391 bits per heavy atom. The molecule has 2 heterocycles. The van der Waals surface area contributed by atoms with Crippen LogP contribution in [-0.2, 0) is 0 Å². The van der Waals surface area contributed by atoms with E-state index >= 15 is 0 Å². The molecule has 9 rings (SSSR count). The lowest BCUT2D eigenvalue weighted by Crippen LogP contribution is -2.09. The highest BCUT2D eigenvalue weighted by Gasteiger charge is 2.16. The van der Waals surface area contributed by atoms with Crippen LogP contribution in [0.3, 0.4) is 0 Å². The van der Waals surface area contributed by atoms with Crippen molar-refractivity contribution in [2.24, 2.45) is 0 Å². The fourth-order valence-corrected chi connectivity index (χ4v) is 7.60. The Bertz CT molecular complexity index is 2410. The SMILES string of the molecule is c1ccc2cc(-c3ccc(N(c4ccc(-c5ccc6ccccc6c5)cc4)c4ccc5sc6cnccc6c5c4)cc3)ccc2c1. The van der Waals surface area contributed by atoms with Gasteiger partial charge in [0.1, 0.15) is 0 Å². The van der Waals surface area contributed by atoms with Crippen molar-refractivity contribution in [1.82, 2.24) is 4.98 Å². The molecule has 0 unspecified atom stereocenters. The van der Waals surface area contributed by atoms with Crippen LogP contribution in [0.15, 0.2) is 170 Å². The van der Waals surface area contributed by atoms with E-state index in [1.54, 1.807) is 11.3 Å². The van der Waals surface area contributed by atoms with Crippen molar-refractivity contribution in [3.05, 3.63) is 170 Å². The van der Waals surface area contributed by atoms with Crippen LogP contribution in [0.25, 0.3) is 64.0 Å².